The van der Waals surface area contributed by atoms with Gasteiger partial charge in [-0.05, 0) is 54.3 Å². The summed E-state index contributed by atoms with van der Waals surface area (Å²) in [4.78, 5) is 16.9. The van der Waals surface area contributed by atoms with Crippen molar-refractivity contribution in [3.05, 3.63) is 64.9 Å². The Hall–Kier alpha value is -2.51. The number of benzene rings is 2. The number of thioether (sulfide) groups is 1. The Morgan fingerprint density at radius 3 is 2.47 bits per heavy atom. The number of halogens is 1. The molecule has 30 heavy (non-hydrogen) atoms. The Morgan fingerprint density at radius 2 is 1.83 bits per heavy atom. The molecule has 1 heterocycles. The molecule has 0 spiro atoms. The predicted molar refractivity (Wildman–Crippen MR) is 121 cm³/mol. The Balaban J connectivity index is 1.51. The molecule has 0 aliphatic heterocycles. The first-order valence-corrected chi connectivity index (χ1v) is 10.8. The summed E-state index contributed by atoms with van der Waals surface area (Å²) in [6.45, 7) is 8.54. The minimum Gasteiger partial charge on any atom is -0.486 e. The maximum Gasteiger partial charge on any atom is 0.237 e. The summed E-state index contributed by atoms with van der Waals surface area (Å²) < 4.78 is 5.64. The van der Waals surface area contributed by atoms with Gasteiger partial charge < -0.3 is 10.1 Å². The number of aromatic nitrogens is 3. The molecular weight excluding hydrogens is 420 g/mol. The highest BCUT2D eigenvalue weighted by atomic mass is 35.5. The van der Waals surface area contributed by atoms with Crippen LogP contribution in [0.15, 0.2) is 53.7 Å². The largest absolute Gasteiger partial charge is 0.486 e. The molecule has 0 radical (unpaired) electrons. The van der Waals surface area contributed by atoms with Crippen LogP contribution in [0.25, 0.3) is 0 Å². The Morgan fingerprint density at radius 1 is 1.17 bits per heavy atom. The lowest BCUT2D eigenvalue weighted by Gasteiger charge is -2.19. The number of anilines is 1. The number of H-pyrrole nitrogens is 1. The third-order valence-corrected chi connectivity index (χ3v) is 5.58. The summed E-state index contributed by atoms with van der Waals surface area (Å²) in [6, 6.07) is 15.0. The number of ether oxygens (including phenoxy) is 1. The molecular formula is C22H25ClN4O2S. The standard InChI is InChI=1S/C22H25ClN4O2S/c1-14(20(28)24-17-9-5-15(6-10-17)22(2,3)4)30-21-25-19(26-27-21)13-29-18-11-7-16(23)8-12-18/h5-12,14H,13H2,1-4H3,(H,24,28)(H,25,26,27). The van der Waals surface area contributed by atoms with Crippen LogP contribution < -0.4 is 10.1 Å². The lowest BCUT2D eigenvalue weighted by Crippen LogP contribution is -2.22. The first-order chi connectivity index (χ1) is 14.2. The van der Waals surface area contributed by atoms with Crippen molar-refractivity contribution in [1.82, 2.24) is 15.2 Å². The van der Waals surface area contributed by atoms with E-state index in [2.05, 4.69) is 41.3 Å². The van der Waals surface area contributed by atoms with Gasteiger partial charge in [0.25, 0.3) is 0 Å². The summed E-state index contributed by atoms with van der Waals surface area (Å²) in [5.74, 6) is 1.17. The van der Waals surface area contributed by atoms with Crippen molar-refractivity contribution >= 4 is 35.0 Å². The Bertz CT molecular complexity index is 982. The first-order valence-electron chi connectivity index (χ1n) is 9.58. The molecule has 2 N–H and O–H groups in total. The monoisotopic (exact) mass is 444 g/mol. The fraction of sp³-hybridized carbons (Fsp3) is 0.318. The number of rotatable bonds is 7. The number of carbonyl (C=O) groups excluding carboxylic acids is 1. The Kier molecular flexibility index (Phi) is 7.05. The maximum atomic E-state index is 12.5. The van der Waals surface area contributed by atoms with Crippen LogP contribution in [0.3, 0.4) is 0 Å². The van der Waals surface area contributed by atoms with Crippen LogP contribution in [-0.2, 0) is 16.8 Å². The summed E-state index contributed by atoms with van der Waals surface area (Å²) in [7, 11) is 0. The molecule has 1 amide bonds. The number of hydrogen-bond acceptors (Lipinski definition) is 5. The van der Waals surface area contributed by atoms with Crippen LogP contribution in [0.5, 0.6) is 5.75 Å². The molecule has 0 aliphatic rings. The fourth-order valence-corrected chi connectivity index (χ4v) is 3.46. The molecule has 6 nitrogen and oxygen atoms in total. The second-order valence-electron chi connectivity index (χ2n) is 7.88. The van der Waals surface area contributed by atoms with E-state index in [1.54, 1.807) is 24.3 Å². The maximum absolute atomic E-state index is 12.5. The molecule has 2 aromatic carbocycles. The van der Waals surface area contributed by atoms with Gasteiger partial charge in [-0.3, -0.25) is 9.89 Å². The third-order valence-electron chi connectivity index (χ3n) is 4.37. The van der Waals surface area contributed by atoms with E-state index in [1.807, 2.05) is 31.2 Å². The van der Waals surface area contributed by atoms with Crippen molar-refractivity contribution in [1.29, 1.82) is 0 Å². The van der Waals surface area contributed by atoms with E-state index in [9.17, 15) is 4.79 Å². The quantitative estimate of drug-likeness (QED) is 0.473. The summed E-state index contributed by atoms with van der Waals surface area (Å²) in [6.07, 6.45) is 0. The third kappa shape index (κ3) is 6.24. The van der Waals surface area contributed by atoms with Crippen LogP contribution in [0.2, 0.25) is 5.02 Å². The molecule has 8 heteroatoms. The van der Waals surface area contributed by atoms with E-state index < -0.39 is 0 Å². The number of aromatic amines is 1. The minimum absolute atomic E-state index is 0.0757. The number of nitrogens with one attached hydrogen (secondary N) is 2. The van der Waals surface area contributed by atoms with E-state index >= 15 is 0 Å². The predicted octanol–water partition coefficient (Wildman–Crippen LogP) is 5.45. The van der Waals surface area contributed by atoms with Gasteiger partial charge in [0, 0.05) is 10.7 Å². The van der Waals surface area contributed by atoms with E-state index in [0.29, 0.717) is 21.8 Å². The van der Waals surface area contributed by atoms with Crippen LogP contribution in [0.4, 0.5) is 5.69 Å². The molecule has 0 saturated heterocycles. The molecule has 3 rings (SSSR count). The molecule has 0 saturated carbocycles. The van der Waals surface area contributed by atoms with Gasteiger partial charge >= 0.3 is 0 Å². The van der Waals surface area contributed by atoms with E-state index in [0.717, 1.165) is 5.69 Å². The topological polar surface area (TPSA) is 79.9 Å². The van der Waals surface area contributed by atoms with Gasteiger partial charge in [-0.15, -0.1) is 5.10 Å². The molecule has 0 bridgehead atoms. The Labute approximate surface area is 185 Å². The van der Waals surface area contributed by atoms with Gasteiger partial charge in [-0.25, -0.2) is 4.98 Å². The summed E-state index contributed by atoms with van der Waals surface area (Å²) >= 11 is 7.15. The zero-order valence-corrected chi connectivity index (χ0v) is 19.0. The highest BCUT2D eigenvalue weighted by Crippen LogP contribution is 2.25. The van der Waals surface area contributed by atoms with E-state index in [-0.39, 0.29) is 23.2 Å². The van der Waals surface area contributed by atoms with Crippen molar-refractivity contribution in [3.63, 3.8) is 0 Å². The second-order valence-corrected chi connectivity index (χ2v) is 9.63. The van der Waals surface area contributed by atoms with Crippen molar-refractivity contribution in [2.75, 3.05) is 5.32 Å². The van der Waals surface area contributed by atoms with Gasteiger partial charge in [0.05, 0.1) is 5.25 Å². The minimum atomic E-state index is -0.354. The van der Waals surface area contributed by atoms with Crippen LogP contribution in [0.1, 0.15) is 39.1 Å². The van der Waals surface area contributed by atoms with Crippen LogP contribution in [0, 0.1) is 0 Å². The average Bonchev–Trinajstić information content (AvgIpc) is 3.14. The lowest BCUT2D eigenvalue weighted by atomic mass is 9.87. The van der Waals surface area contributed by atoms with E-state index in [1.165, 1.54) is 17.3 Å². The highest BCUT2D eigenvalue weighted by molar-refractivity contribution is 8.00. The first kappa shape index (κ1) is 22.2. The zero-order valence-electron chi connectivity index (χ0n) is 17.4. The summed E-state index contributed by atoms with van der Waals surface area (Å²) in [5.41, 5.74) is 2.07. The van der Waals surface area contributed by atoms with Crippen molar-refractivity contribution < 1.29 is 9.53 Å². The normalized spacial score (nSPS) is 12.4. The van der Waals surface area contributed by atoms with Crippen molar-refractivity contribution in [2.45, 2.75) is 50.1 Å². The second kappa shape index (κ2) is 9.53. The van der Waals surface area contributed by atoms with Gasteiger partial charge in [0.1, 0.15) is 12.4 Å². The number of amides is 1. The molecule has 158 valence electrons. The summed E-state index contributed by atoms with van der Waals surface area (Å²) in [5, 5.41) is 10.7. The van der Waals surface area contributed by atoms with Gasteiger partial charge in [-0.1, -0.05) is 56.3 Å². The number of nitrogens with zero attached hydrogens (tertiary/aromatic N) is 2. The molecule has 1 unspecified atom stereocenters. The SMILES string of the molecule is CC(Sc1n[nH]c(COc2ccc(Cl)cc2)n1)C(=O)Nc1ccc(C(C)(C)C)cc1. The highest BCUT2D eigenvalue weighted by Gasteiger charge is 2.18. The van der Waals surface area contributed by atoms with Crippen molar-refractivity contribution in [2.24, 2.45) is 0 Å². The van der Waals surface area contributed by atoms with Gasteiger partial charge in [-0.2, -0.15) is 0 Å². The molecule has 3 aromatic rings. The molecule has 1 aromatic heterocycles. The zero-order chi connectivity index (χ0) is 21.7. The fourth-order valence-electron chi connectivity index (χ4n) is 2.59. The van der Waals surface area contributed by atoms with Crippen molar-refractivity contribution in [3.8, 4) is 5.75 Å². The molecule has 1 atom stereocenters. The average molecular weight is 445 g/mol. The molecule has 0 aliphatic carbocycles. The van der Waals surface area contributed by atoms with Crippen LogP contribution in [-0.4, -0.2) is 26.3 Å². The smallest absolute Gasteiger partial charge is 0.237 e. The van der Waals surface area contributed by atoms with Gasteiger partial charge in [0.2, 0.25) is 11.1 Å². The number of hydrogen-bond donors (Lipinski definition) is 2. The van der Waals surface area contributed by atoms with Gasteiger partial charge in [0.15, 0.2) is 5.82 Å². The van der Waals surface area contributed by atoms with Crippen LogP contribution >= 0.6 is 23.4 Å². The lowest BCUT2D eigenvalue weighted by molar-refractivity contribution is -0.115. The number of carbonyl (C=O) groups is 1. The van der Waals surface area contributed by atoms with E-state index in [4.69, 9.17) is 16.3 Å². The molecule has 0 fully saturated rings.